The minimum absolute atomic E-state index is 0.00683. The first-order valence-corrected chi connectivity index (χ1v) is 12.1. The summed E-state index contributed by atoms with van der Waals surface area (Å²) in [6, 6.07) is 17.0. The van der Waals surface area contributed by atoms with Gasteiger partial charge in [0.1, 0.15) is 6.61 Å². The molecule has 0 bridgehead atoms. The average molecular weight is 542 g/mol. The van der Waals surface area contributed by atoms with Crippen molar-refractivity contribution in [3.8, 4) is 11.5 Å². The zero-order valence-corrected chi connectivity index (χ0v) is 20.7. The van der Waals surface area contributed by atoms with E-state index in [4.69, 9.17) is 21.1 Å². The number of nitro groups is 1. The highest BCUT2D eigenvalue weighted by Gasteiger charge is 2.40. The fraction of sp³-hybridized carbons (Fsp3) is 0.231. The molecule has 6 nitrogen and oxygen atoms in total. The zero-order chi connectivity index (χ0) is 23.8. The van der Waals surface area contributed by atoms with Gasteiger partial charge in [0, 0.05) is 18.1 Å². The Balaban J connectivity index is 1.49. The van der Waals surface area contributed by atoms with Crippen molar-refractivity contribution in [2.24, 2.45) is 5.92 Å². The van der Waals surface area contributed by atoms with E-state index in [-0.39, 0.29) is 23.6 Å². The maximum absolute atomic E-state index is 11.4. The molecule has 34 heavy (non-hydrogen) atoms. The van der Waals surface area contributed by atoms with Crippen molar-refractivity contribution in [2.45, 2.75) is 25.0 Å². The molecular formula is C26H22BrClN2O4. The van der Waals surface area contributed by atoms with E-state index in [9.17, 15) is 10.1 Å². The van der Waals surface area contributed by atoms with E-state index in [0.717, 1.165) is 33.3 Å². The third kappa shape index (κ3) is 4.14. The van der Waals surface area contributed by atoms with Crippen molar-refractivity contribution in [2.75, 3.05) is 12.4 Å². The molecule has 0 saturated carbocycles. The molecule has 0 saturated heterocycles. The van der Waals surface area contributed by atoms with Crippen LogP contribution in [0.1, 0.15) is 35.1 Å². The standard InChI is InChI=1S/C26H22BrClN2O4/c1-33-23-11-16(10-21(27)26(23)34-14-15-6-3-2-4-7-15)24-19-9-5-8-18(19)20-12-17(30(31)32)13-22(28)25(20)29-24/h2-8,10-13,18-19,24,29H,9,14H2,1H3/t18-,19-,24+/m1/s1. The summed E-state index contributed by atoms with van der Waals surface area (Å²) >= 11 is 10.2. The molecule has 2 aliphatic rings. The Morgan fingerprint density at radius 2 is 2.00 bits per heavy atom. The number of allylic oxidation sites excluding steroid dienone is 2. The summed E-state index contributed by atoms with van der Waals surface area (Å²) in [7, 11) is 1.63. The lowest BCUT2D eigenvalue weighted by Gasteiger charge is -2.38. The lowest BCUT2D eigenvalue weighted by molar-refractivity contribution is -0.384. The minimum atomic E-state index is -0.401. The van der Waals surface area contributed by atoms with Gasteiger partial charge in [0.15, 0.2) is 11.5 Å². The Bertz CT molecular complexity index is 1280. The van der Waals surface area contributed by atoms with Crippen LogP contribution in [0, 0.1) is 16.0 Å². The summed E-state index contributed by atoms with van der Waals surface area (Å²) in [5, 5.41) is 15.3. The smallest absolute Gasteiger partial charge is 0.271 e. The van der Waals surface area contributed by atoms with E-state index in [2.05, 4.69) is 33.4 Å². The number of hydrogen-bond donors (Lipinski definition) is 1. The predicted octanol–water partition coefficient (Wildman–Crippen LogP) is 7.42. The number of rotatable bonds is 6. The molecule has 3 aromatic carbocycles. The fourth-order valence-electron chi connectivity index (χ4n) is 4.87. The van der Waals surface area contributed by atoms with Crippen molar-refractivity contribution in [3.63, 3.8) is 0 Å². The number of fused-ring (bicyclic) bond motifs is 3. The molecule has 8 heteroatoms. The third-order valence-electron chi connectivity index (χ3n) is 6.45. The van der Waals surface area contributed by atoms with Gasteiger partial charge in [0.2, 0.25) is 0 Å². The van der Waals surface area contributed by atoms with Crippen molar-refractivity contribution < 1.29 is 14.4 Å². The largest absolute Gasteiger partial charge is 0.493 e. The Labute approximate surface area is 210 Å². The second-order valence-corrected chi connectivity index (χ2v) is 9.69. The van der Waals surface area contributed by atoms with Crippen LogP contribution in [0.5, 0.6) is 11.5 Å². The van der Waals surface area contributed by atoms with Gasteiger partial charge < -0.3 is 14.8 Å². The molecule has 1 aliphatic carbocycles. The maximum Gasteiger partial charge on any atom is 0.271 e. The van der Waals surface area contributed by atoms with Crippen LogP contribution in [-0.4, -0.2) is 12.0 Å². The second kappa shape index (κ2) is 9.31. The zero-order valence-electron chi connectivity index (χ0n) is 18.3. The molecule has 0 fully saturated rings. The molecule has 5 rings (SSSR count). The number of benzene rings is 3. The quantitative estimate of drug-likeness (QED) is 0.200. The lowest BCUT2D eigenvalue weighted by Crippen LogP contribution is -2.29. The first-order valence-electron chi connectivity index (χ1n) is 10.9. The van der Waals surface area contributed by atoms with Crippen molar-refractivity contribution >= 4 is 38.9 Å². The van der Waals surface area contributed by atoms with Crippen molar-refractivity contribution in [3.05, 3.63) is 103 Å². The van der Waals surface area contributed by atoms with Gasteiger partial charge in [-0.2, -0.15) is 0 Å². The highest BCUT2D eigenvalue weighted by molar-refractivity contribution is 9.10. The second-order valence-electron chi connectivity index (χ2n) is 8.43. The van der Waals surface area contributed by atoms with Gasteiger partial charge in [-0.25, -0.2) is 0 Å². The Kier molecular flexibility index (Phi) is 6.23. The van der Waals surface area contributed by atoms with Gasteiger partial charge in [0.05, 0.1) is 33.3 Å². The van der Waals surface area contributed by atoms with Crippen LogP contribution >= 0.6 is 27.5 Å². The van der Waals surface area contributed by atoms with Crippen LogP contribution in [0.2, 0.25) is 5.02 Å². The highest BCUT2D eigenvalue weighted by Crippen LogP contribution is 2.53. The molecule has 0 aromatic heterocycles. The normalized spacial score (nSPS) is 20.3. The molecule has 174 valence electrons. The number of methoxy groups -OCH3 is 1. The topological polar surface area (TPSA) is 73.6 Å². The molecule has 3 atom stereocenters. The van der Waals surface area contributed by atoms with E-state index in [1.165, 1.54) is 6.07 Å². The number of halogens is 2. The average Bonchev–Trinajstić information content (AvgIpc) is 3.33. The van der Waals surface area contributed by atoms with E-state index >= 15 is 0 Å². The number of ether oxygens (including phenoxy) is 2. The Morgan fingerprint density at radius 3 is 2.74 bits per heavy atom. The van der Waals surface area contributed by atoms with Gasteiger partial charge in [-0.05, 0) is 57.1 Å². The van der Waals surface area contributed by atoms with Gasteiger partial charge in [-0.1, -0.05) is 54.1 Å². The van der Waals surface area contributed by atoms with Crippen molar-refractivity contribution in [1.29, 1.82) is 0 Å². The molecule has 1 N–H and O–H groups in total. The molecule has 0 radical (unpaired) electrons. The number of anilines is 1. The summed E-state index contributed by atoms with van der Waals surface area (Å²) in [6.45, 7) is 0.424. The molecule has 0 unspecified atom stereocenters. The van der Waals surface area contributed by atoms with Gasteiger partial charge in [0.25, 0.3) is 5.69 Å². The molecule has 1 heterocycles. The number of nitro benzene ring substituents is 1. The number of non-ortho nitro benzene ring substituents is 1. The maximum atomic E-state index is 11.4. The van der Waals surface area contributed by atoms with E-state index in [1.807, 2.05) is 42.5 Å². The SMILES string of the molecule is COc1cc([C@@H]2Nc3c(Cl)cc([N+](=O)[O-])cc3[C@@H]3C=CC[C@H]32)cc(Br)c1OCc1ccccc1. The van der Waals surface area contributed by atoms with Crippen LogP contribution < -0.4 is 14.8 Å². The van der Waals surface area contributed by atoms with E-state index in [0.29, 0.717) is 23.1 Å². The summed E-state index contributed by atoms with van der Waals surface area (Å²) < 4.78 is 12.6. The Hall–Kier alpha value is -3.03. The summed E-state index contributed by atoms with van der Waals surface area (Å²) in [4.78, 5) is 11.0. The first-order chi connectivity index (χ1) is 16.5. The highest BCUT2D eigenvalue weighted by atomic mass is 79.9. The molecular weight excluding hydrogens is 520 g/mol. The minimum Gasteiger partial charge on any atom is -0.493 e. The third-order valence-corrected chi connectivity index (χ3v) is 7.34. The summed E-state index contributed by atoms with van der Waals surface area (Å²) in [5.41, 5.74) is 3.70. The molecule has 3 aromatic rings. The predicted molar refractivity (Wildman–Crippen MR) is 136 cm³/mol. The van der Waals surface area contributed by atoms with Crippen LogP contribution in [0.3, 0.4) is 0 Å². The van der Waals surface area contributed by atoms with E-state index < -0.39 is 4.92 Å². The number of nitrogens with zero attached hydrogens (tertiary/aromatic N) is 1. The molecule has 0 spiro atoms. The lowest BCUT2D eigenvalue weighted by atomic mass is 9.77. The number of nitrogens with one attached hydrogen (secondary N) is 1. The monoisotopic (exact) mass is 540 g/mol. The Morgan fingerprint density at radius 1 is 1.21 bits per heavy atom. The fourth-order valence-corrected chi connectivity index (χ4v) is 5.71. The van der Waals surface area contributed by atoms with E-state index in [1.54, 1.807) is 13.2 Å². The van der Waals surface area contributed by atoms with Crippen molar-refractivity contribution in [1.82, 2.24) is 0 Å². The summed E-state index contributed by atoms with van der Waals surface area (Å²) in [6.07, 6.45) is 5.12. The van der Waals surface area contributed by atoms with Crippen LogP contribution in [-0.2, 0) is 6.61 Å². The van der Waals surface area contributed by atoms with Crippen LogP contribution in [0.15, 0.2) is 71.2 Å². The van der Waals surface area contributed by atoms with Gasteiger partial charge in [-0.15, -0.1) is 0 Å². The molecule has 1 aliphatic heterocycles. The first kappa shape index (κ1) is 22.7. The van der Waals surface area contributed by atoms with Crippen LogP contribution in [0.25, 0.3) is 0 Å². The van der Waals surface area contributed by atoms with Crippen LogP contribution in [0.4, 0.5) is 11.4 Å². The number of hydrogen-bond acceptors (Lipinski definition) is 5. The summed E-state index contributed by atoms with van der Waals surface area (Å²) in [5.74, 6) is 1.50. The molecule has 0 amide bonds. The van der Waals surface area contributed by atoms with Gasteiger partial charge >= 0.3 is 0 Å². The van der Waals surface area contributed by atoms with Gasteiger partial charge in [-0.3, -0.25) is 10.1 Å².